The summed E-state index contributed by atoms with van der Waals surface area (Å²) in [6.45, 7) is 7.81. The van der Waals surface area contributed by atoms with Crippen LogP contribution in [0.2, 0.25) is 0 Å². The van der Waals surface area contributed by atoms with E-state index in [1.54, 1.807) is 12.1 Å². The quantitative estimate of drug-likeness (QED) is 0.615. The number of allylic oxidation sites excluding steroid dienone is 2. The fraction of sp³-hybridized carbons (Fsp3) is 0.346. The topological polar surface area (TPSA) is 85.2 Å². The van der Waals surface area contributed by atoms with Crippen LogP contribution in [0, 0.1) is 0 Å². The largest absolute Gasteiger partial charge is 0.507 e. The van der Waals surface area contributed by atoms with Crippen LogP contribution in [0.1, 0.15) is 67.3 Å². The first-order chi connectivity index (χ1) is 15.1. The Hall–Kier alpha value is -3.41. The van der Waals surface area contributed by atoms with E-state index in [0.29, 0.717) is 34.6 Å². The molecule has 0 radical (unpaired) electrons. The minimum atomic E-state index is -0.698. The van der Waals surface area contributed by atoms with Gasteiger partial charge in [0.25, 0.3) is 0 Å². The normalized spacial score (nSPS) is 18.2. The number of benzene rings is 2. The lowest BCUT2D eigenvalue weighted by atomic mass is 9.88. The van der Waals surface area contributed by atoms with Crippen LogP contribution in [0.5, 0.6) is 28.7 Å². The van der Waals surface area contributed by atoms with E-state index >= 15 is 0 Å². The van der Waals surface area contributed by atoms with Crippen molar-refractivity contribution >= 4 is 11.9 Å². The number of hydrogen-bond acceptors (Lipinski definition) is 6. The second-order valence-corrected chi connectivity index (χ2v) is 8.96. The number of phenolic OH excluding ortho intramolecular Hbond substituents is 2. The maximum absolute atomic E-state index is 13.2. The van der Waals surface area contributed by atoms with Gasteiger partial charge < -0.3 is 24.4 Å². The van der Waals surface area contributed by atoms with Crippen molar-refractivity contribution in [3.8, 4) is 28.7 Å². The molecule has 6 heteroatoms. The maximum atomic E-state index is 13.2. The van der Waals surface area contributed by atoms with E-state index in [2.05, 4.69) is 0 Å². The number of hydrogen-bond donors (Lipinski definition) is 2. The third-order valence-corrected chi connectivity index (χ3v) is 5.74. The predicted octanol–water partition coefficient (Wildman–Crippen LogP) is 5.51. The summed E-state index contributed by atoms with van der Waals surface area (Å²) in [5.74, 6) is 0.927. The number of rotatable bonds is 4. The van der Waals surface area contributed by atoms with E-state index in [-0.39, 0.29) is 35.0 Å². The Kier molecular flexibility index (Phi) is 5.41. The Morgan fingerprint density at radius 2 is 2.00 bits per heavy atom. The summed E-state index contributed by atoms with van der Waals surface area (Å²) in [6.07, 6.45) is 5.51. The highest BCUT2D eigenvalue weighted by molar-refractivity contribution is 6.05. The average Bonchev–Trinajstić information content (AvgIpc) is 2.72. The summed E-state index contributed by atoms with van der Waals surface area (Å²) >= 11 is 0. The third kappa shape index (κ3) is 3.81. The van der Waals surface area contributed by atoms with Gasteiger partial charge in [0.05, 0.1) is 19.1 Å². The Morgan fingerprint density at radius 1 is 1.25 bits per heavy atom. The van der Waals surface area contributed by atoms with Crippen molar-refractivity contribution in [1.82, 2.24) is 0 Å². The van der Waals surface area contributed by atoms with Crippen molar-refractivity contribution in [2.45, 2.75) is 52.2 Å². The molecule has 6 nitrogen and oxygen atoms in total. The Balaban J connectivity index is 1.86. The summed E-state index contributed by atoms with van der Waals surface area (Å²) in [5, 5.41) is 21.6. The molecule has 2 N–H and O–H groups in total. The molecule has 2 aromatic rings. The fourth-order valence-corrected chi connectivity index (χ4v) is 4.04. The molecular formula is C26H28O6. The summed E-state index contributed by atoms with van der Waals surface area (Å²) < 4.78 is 17.6. The standard InChI is InChI=1S/C26H28O6/c1-14(2)6-8-17-23(29)22-20(28)13-21(16-9-7-15(30-5)12-19(16)27)31-25(22)18-10-11-26(3,4)32-24(17)18/h6-7,9-12,21,27,29H,8,13H2,1-5H3. The van der Waals surface area contributed by atoms with E-state index in [4.69, 9.17) is 14.2 Å². The second-order valence-electron chi connectivity index (χ2n) is 8.96. The zero-order valence-corrected chi connectivity index (χ0v) is 19.0. The van der Waals surface area contributed by atoms with Gasteiger partial charge in [-0.05, 0) is 58.4 Å². The molecule has 2 aliphatic heterocycles. The fourth-order valence-electron chi connectivity index (χ4n) is 4.04. The molecule has 0 bridgehead atoms. The molecule has 0 aromatic heterocycles. The summed E-state index contributed by atoms with van der Waals surface area (Å²) in [7, 11) is 1.51. The van der Waals surface area contributed by atoms with Crippen LogP contribution in [-0.2, 0) is 6.42 Å². The van der Waals surface area contributed by atoms with Crippen molar-refractivity contribution in [1.29, 1.82) is 0 Å². The van der Waals surface area contributed by atoms with Gasteiger partial charge in [-0.2, -0.15) is 0 Å². The Labute approximate surface area is 187 Å². The van der Waals surface area contributed by atoms with Gasteiger partial charge in [-0.25, -0.2) is 0 Å². The second kappa shape index (κ2) is 7.93. The molecule has 1 unspecified atom stereocenters. The Morgan fingerprint density at radius 3 is 2.66 bits per heavy atom. The number of ether oxygens (including phenoxy) is 3. The van der Waals surface area contributed by atoms with Crippen LogP contribution < -0.4 is 14.2 Å². The molecular weight excluding hydrogens is 408 g/mol. The van der Waals surface area contributed by atoms with Crippen LogP contribution >= 0.6 is 0 Å². The van der Waals surface area contributed by atoms with Crippen molar-refractivity contribution in [2.24, 2.45) is 0 Å². The molecule has 2 heterocycles. The van der Waals surface area contributed by atoms with Gasteiger partial charge in [0.1, 0.15) is 46.0 Å². The molecule has 4 rings (SSSR count). The number of phenols is 2. The van der Waals surface area contributed by atoms with E-state index in [1.165, 1.54) is 13.2 Å². The molecule has 0 fully saturated rings. The summed E-state index contributed by atoms with van der Waals surface area (Å²) in [5.41, 5.74) is 2.37. The van der Waals surface area contributed by atoms with Gasteiger partial charge >= 0.3 is 0 Å². The molecule has 0 aliphatic carbocycles. The first-order valence-electron chi connectivity index (χ1n) is 10.6. The van der Waals surface area contributed by atoms with Crippen molar-refractivity contribution < 1.29 is 29.2 Å². The van der Waals surface area contributed by atoms with E-state index < -0.39 is 11.7 Å². The highest BCUT2D eigenvalue weighted by Gasteiger charge is 2.38. The minimum absolute atomic E-state index is 0.00259. The molecule has 2 aromatic carbocycles. The molecule has 0 amide bonds. The number of carbonyl (C=O) groups is 1. The first kappa shape index (κ1) is 21.8. The van der Waals surface area contributed by atoms with Gasteiger partial charge in [-0.3, -0.25) is 4.79 Å². The van der Waals surface area contributed by atoms with E-state index in [0.717, 1.165) is 5.57 Å². The van der Waals surface area contributed by atoms with Crippen LogP contribution in [0.25, 0.3) is 6.08 Å². The Bertz CT molecular complexity index is 1150. The maximum Gasteiger partial charge on any atom is 0.174 e. The van der Waals surface area contributed by atoms with Crippen molar-refractivity contribution in [3.05, 3.63) is 58.2 Å². The predicted molar refractivity (Wildman–Crippen MR) is 122 cm³/mol. The number of aromatic hydroxyl groups is 2. The first-order valence-corrected chi connectivity index (χ1v) is 10.6. The zero-order valence-electron chi connectivity index (χ0n) is 19.0. The number of methoxy groups -OCH3 is 1. The zero-order chi connectivity index (χ0) is 23.2. The van der Waals surface area contributed by atoms with E-state index in [9.17, 15) is 15.0 Å². The minimum Gasteiger partial charge on any atom is -0.507 e. The molecule has 168 valence electrons. The smallest absolute Gasteiger partial charge is 0.174 e. The van der Waals surface area contributed by atoms with Crippen molar-refractivity contribution in [3.63, 3.8) is 0 Å². The lowest BCUT2D eigenvalue weighted by molar-refractivity contribution is 0.0837. The summed E-state index contributed by atoms with van der Waals surface area (Å²) in [4.78, 5) is 13.2. The van der Waals surface area contributed by atoms with Gasteiger partial charge in [0.15, 0.2) is 5.78 Å². The number of fused-ring (bicyclic) bond motifs is 3. The monoisotopic (exact) mass is 436 g/mol. The van der Waals surface area contributed by atoms with Gasteiger partial charge in [0, 0.05) is 17.2 Å². The number of ketones is 1. The van der Waals surface area contributed by atoms with Crippen molar-refractivity contribution in [2.75, 3.05) is 7.11 Å². The van der Waals surface area contributed by atoms with Crippen LogP contribution in [0.3, 0.4) is 0 Å². The highest BCUT2D eigenvalue weighted by Crippen LogP contribution is 2.52. The van der Waals surface area contributed by atoms with Crippen LogP contribution in [0.4, 0.5) is 0 Å². The lowest BCUT2D eigenvalue weighted by Gasteiger charge is -2.34. The SMILES string of the molecule is COc1ccc(C2CC(=O)c3c(O)c(CC=C(C)C)c4c(c3O2)C=CC(C)(C)O4)c(O)c1. The van der Waals surface area contributed by atoms with Crippen LogP contribution in [0.15, 0.2) is 35.9 Å². The molecule has 0 saturated heterocycles. The molecule has 0 saturated carbocycles. The lowest BCUT2D eigenvalue weighted by Crippen LogP contribution is -2.30. The molecule has 1 atom stereocenters. The van der Waals surface area contributed by atoms with Gasteiger partial charge in [0.2, 0.25) is 0 Å². The average molecular weight is 437 g/mol. The third-order valence-electron chi connectivity index (χ3n) is 5.74. The number of Topliss-reactive ketones (excluding diaryl/α,β-unsaturated/α-hetero) is 1. The molecule has 2 aliphatic rings. The molecule has 0 spiro atoms. The highest BCUT2D eigenvalue weighted by atomic mass is 16.5. The van der Waals surface area contributed by atoms with Gasteiger partial charge in [-0.15, -0.1) is 0 Å². The number of carbonyl (C=O) groups excluding carboxylic acids is 1. The molecule has 32 heavy (non-hydrogen) atoms. The van der Waals surface area contributed by atoms with E-state index in [1.807, 2.05) is 45.9 Å². The van der Waals surface area contributed by atoms with Crippen LogP contribution in [-0.4, -0.2) is 28.7 Å². The summed E-state index contributed by atoms with van der Waals surface area (Å²) in [6, 6.07) is 4.88. The van der Waals surface area contributed by atoms with Gasteiger partial charge in [-0.1, -0.05) is 11.6 Å².